The summed E-state index contributed by atoms with van der Waals surface area (Å²) >= 11 is 2.79. The van der Waals surface area contributed by atoms with Crippen LogP contribution in [0.4, 0.5) is 18.9 Å². The first-order valence-corrected chi connectivity index (χ1v) is 6.92. The van der Waals surface area contributed by atoms with Crippen LogP contribution in [0.25, 0.3) is 0 Å². The molecule has 1 amide bonds. The number of carbonyl (C=O) groups excluding carboxylic acids is 1. The topological polar surface area (TPSA) is 84.0 Å². The maximum absolute atomic E-state index is 12.8. The third kappa shape index (κ3) is 4.31. The highest BCUT2D eigenvalue weighted by Gasteiger charge is 2.33. The molecule has 0 saturated carbocycles. The van der Waals surface area contributed by atoms with E-state index in [0.717, 1.165) is 29.0 Å². The minimum atomic E-state index is -4.57. The number of anilines is 1. The Labute approximate surface area is 135 Å². The molecule has 0 aliphatic carbocycles. The zero-order valence-electron chi connectivity index (χ0n) is 11.3. The lowest BCUT2D eigenvalue weighted by molar-refractivity contribution is -0.138. The Balaban J connectivity index is 2.17. The first kappa shape index (κ1) is 17.0. The number of nitrogens with one attached hydrogen (secondary N) is 2. The number of hydrogen-bond donors (Lipinski definition) is 2. The van der Waals surface area contributed by atoms with Gasteiger partial charge < -0.3 is 5.32 Å². The highest BCUT2D eigenvalue weighted by molar-refractivity contribution is 9.10. The lowest BCUT2D eigenvalue weighted by atomic mass is 10.2. The summed E-state index contributed by atoms with van der Waals surface area (Å²) in [5.74, 6) is -0.713. The SMILES string of the molecule is O=C(Cn1ccc(=O)[nH]c1=O)Nc1ccc(Br)c(C(F)(F)F)c1. The molecule has 0 aliphatic rings. The third-order valence-corrected chi connectivity index (χ3v) is 3.46. The summed E-state index contributed by atoms with van der Waals surface area (Å²) in [5, 5.41) is 2.26. The van der Waals surface area contributed by atoms with E-state index < -0.39 is 35.4 Å². The second kappa shape index (κ2) is 6.41. The summed E-state index contributed by atoms with van der Waals surface area (Å²) in [7, 11) is 0. The molecule has 0 unspecified atom stereocenters. The van der Waals surface area contributed by atoms with Gasteiger partial charge in [-0.15, -0.1) is 0 Å². The minimum absolute atomic E-state index is 0.0667. The normalized spacial score (nSPS) is 11.3. The molecule has 0 fully saturated rings. The van der Waals surface area contributed by atoms with Crippen molar-refractivity contribution >= 4 is 27.5 Å². The van der Waals surface area contributed by atoms with E-state index in [1.807, 2.05) is 4.98 Å². The van der Waals surface area contributed by atoms with E-state index >= 15 is 0 Å². The Morgan fingerprint density at radius 1 is 1.26 bits per heavy atom. The summed E-state index contributed by atoms with van der Waals surface area (Å²) in [4.78, 5) is 36.1. The fourth-order valence-electron chi connectivity index (χ4n) is 1.74. The number of aromatic amines is 1. The monoisotopic (exact) mass is 391 g/mol. The summed E-state index contributed by atoms with van der Waals surface area (Å²) in [5.41, 5.74) is -2.41. The average molecular weight is 392 g/mol. The van der Waals surface area contributed by atoms with E-state index in [-0.39, 0.29) is 10.2 Å². The molecule has 122 valence electrons. The molecule has 1 aromatic carbocycles. The van der Waals surface area contributed by atoms with Crippen LogP contribution in [-0.2, 0) is 17.5 Å². The lowest BCUT2D eigenvalue weighted by Gasteiger charge is -2.12. The third-order valence-electron chi connectivity index (χ3n) is 2.77. The zero-order chi connectivity index (χ0) is 17.2. The van der Waals surface area contributed by atoms with Crippen LogP contribution in [0, 0.1) is 0 Å². The molecule has 0 aliphatic heterocycles. The van der Waals surface area contributed by atoms with E-state index in [2.05, 4.69) is 21.2 Å². The Hall–Kier alpha value is -2.36. The lowest BCUT2D eigenvalue weighted by Crippen LogP contribution is -2.32. The first-order valence-electron chi connectivity index (χ1n) is 6.13. The molecule has 23 heavy (non-hydrogen) atoms. The van der Waals surface area contributed by atoms with Gasteiger partial charge in [0.1, 0.15) is 6.54 Å². The first-order chi connectivity index (χ1) is 10.7. The van der Waals surface area contributed by atoms with Crippen molar-refractivity contribution in [2.45, 2.75) is 12.7 Å². The maximum Gasteiger partial charge on any atom is 0.417 e. The van der Waals surface area contributed by atoms with Gasteiger partial charge in [0.2, 0.25) is 5.91 Å². The highest BCUT2D eigenvalue weighted by atomic mass is 79.9. The summed E-state index contributed by atoms with van der Waals surface area (Å²) in [6.07, 6.45) is -3.46. The fraction of sp³-hybridized carbons (Fsp3) is 0.154. The quantitative estimate of drug-likeness (QED) is 0.838. The van der Waals surface area contributed by atoms with Crippen molar-refractivity contribution in [3.05, 3.63) is 61.3 Å². The summed E-state index contributed by atoms with van der Waals surface area (Å²) in [6, 6.07) is 4.27. The smallest absolute Gasteiger partial charge is 0.325 e. The van der Waals surface area contributed by atoms with Gasteiger partial charge in [-0.1, -0.05) is 15.9 Å². The molecule has 2 N–H and O–H groups in total. The van der Waals surface area contributed by atoms with E-state index in [0.29, 0.717) is 0 Å². The van der Waals surface area contributed by atoms with Crippen LogP contribution in [0.3, 0.4) is 0 Å². The van der Waals surface area contributed by atoms with Crippen LogP contribution in [0.2, 0.25) is 0 Å². The van der Waals surface area contributed by atoms with Crippen LogP contribution in [-0.4, -0.2) is 15.5 Å². The number of H-pyrrole nitrogens is 1. The largest absolute Gasteiger partial charge is 0.417 e. The van der Waals surface area contributed by atoms with Crippen molar-refractivity contribution in [3.8, 4) is 0 Å². The molecule has 0 bridgehead atoms. The van der Waals surface area contributed by atoms with Crippen molar-refractivity contribution in [1.82, 2.24) is 9.55 Å². The minimum Gasteiger partial charge on any atom is -0.325 e. The van der Waals surface area contributed by atoms with Crippen LogP contribution in [0.15, 0.2) is 44.5 Å². The Morgan fingerprint density at radius 2 is 1.96 bits per heavy atom. The summed E-state index contributed by atoms with van der Waals surface area (Å²) < 4.78 is 39.1. The molecule has 0 radical (unpaired) electrons. The predicted molar refractivity (Wildman–Crippen MR) is 79.1 cm³/mol. The van der Waals surface area contributed by atoms with Crippen LogP contribution >= 0.6 is 15.9 Å². The van der Waals surface area contributed by atoms with E-state index in [1.165, 1.54) is 6.07 Å². The Bertz CT molecular complexity index is 858. The number of hydrogen-bond acceptors (Lipinski definition) is 3. The predicted octanol–water partition coefficient (Wildman–Crippen LogP) is 1.96. The zero-order valence-corrected chi connectivity index (χ0v) is 12.9. The molecule has 10 heteroatoms. The van der Waals surface area contributed by atoms with Crippen LogP contribution in [0.1, 0.15) is 5.56 Å². The van der Waals surface area contributed by atoms with Crippen LogP contribution < -0.4 is 16.6 Å². The van der Waals surface area contributed by atoms with Gasteiger partial charge in [-0.05, 0) is 18.2 Å². The maximum atomic E-state index is 12.8. The Kier molecular flexibility index (Phi) is 4.73. The van der Waals surface area contributed by atoms with Crippen molar-refractivity contribution in [2.75, 3.05) is 5.32 Å². The molecule has 1 aromatic heterocycles. The van der Waals surface area contributed by atoms with Crippen LogP contribution in [0.5, 0.6) is 0 Å². The van der Waals surface area contributed by atoms with Gasteiger partial charge >= 0.3 is 11.9 Å². The standard InChI is InChI=1S/C13H9BrF3N3O3/c14-9-2-1-7(5-8(9)13(15,16)17)18-11(22)6-20-4-3-10(21)19-12(20)23/h1-5H,6H2,(H,18,22)(H,19,21,23). The van der Waals surface area contributed by atoms with Crippen molar-refractivity contribution in [2.24, 2.45) is 0 Å². The molecule has 6 nitrogen and oxygen atoms in total. The van der Waals surface area contributed by atoms with Gasteiger partial charge in [0.05, 0.1) is 5.56 Å². The molecule has 2 rings (SSSR count). The summed E-state index contributed by atoms with van der Waals surface area (Å²) in [6.45, 7) is -0.451. The molecular weight excluding hydrogens is 383 g/mol. The van der Waals surface area contributed by atoms with E-state index in [1.54, 1.807) is 0 Å². The second-order valence-corrected chi connectivity index (χ2v) is 5.33. The van der Waals surface area contributed by atoms with Gasteiger partial charge in [-0.25, -0.2) is 4.79 Å². The second-order valence-electron chi connectivity index (χ2n) is 4.48. The van der Waals surface area contributed by atoms with E-state index in [9.17, 15) is 27.6 Å². The number of amides is 1. The van der Waals surface area contributed by atoms with Crippen molar-refractivity contribution in [1.29, 1.82) is 0 Å². The highest BCUT2D eigenvalue weighted by Crippen LogP contribution is 2.36. The molecule has 0 atom stereocenters. The number of alkyl halides is 3. The van der Waals surface area contributed by atoms with Gasteiger partial charge in [-0.2, -0.15) is 13.2 Å². The Morgan fingerprint density at radius 3 is 2.57 bits per heavy atom. The molecular formula is C13H9BrF3N3O3. The molecule has 2 aromatic rings. The number of carbonyl (C=O) groups is 1. The van der Waals surface area contributed by atoms with E-state index in [4.69, 9.17) is 0 Å². The number of halogens is 4. The average Bonchev–Trinajstić information content (AvgIpc) is 2.43. The fourth-order valence-corrected chi connectivity index (χ4v) is 2.22. The number of rotatable bonds is 3. The van der Waals surface area contributed by atoms with Crippen molar-refractivity contribution in [3.63, 3.8) is 0 Å². The number of nitrogens with zero attached hydrogens (tertiary/aromatic N) is 1. The van der Waals surface area contributed by atoms with Gasteiger partial charge in [-0.3, -0.25) is 19.1 Å². The molecule has 0 spiro atoms. The van der Waals surface area contributed by atoms with Crippen molar-refractivity contribution < 1.29 is 18.0 Å². The number of aromatic nitrogens is 2. The van der Waals surface area contributed by atoms with Gasteiger partial charge in [0.15, 0.2) is 0 Å². The molecule has 1 heterocycles. The van der Waals surface area contributed by atoms with Gasteiger partial charge in [0, 0.05) is 22.4 Å². The number of benzene rings is 1. The van der Waals surface area contributed by atoms with Gasteiger partial charge in [0.25, 0.3) is 5.56 Å². The molecule has 0 saturated heterocycles.